The molecule has 0 fully saturated rings. The predicted molar refractivity (Wildman–Crippen MR) is 146 cm³/mol. The van der Waals surface area contributed by atoms with E-state index in [1.807, 2.05) is 36.4 Å². The van der Waals surface area contributed by atoms with Gasteiger partial charge in [0.05, 0.1) is 24.2 Å². The summed E-state index contributed by atoms with van der Waals surface area (Å²) in [6.07, 6.45) is 16.5. The van der Waals surface area contributed by atoms with Gasteiger partial charge in [0.25, 0.3) is 0 Å². The molecule has 4 heteroatoms. The van der Waals surface area contributed by atoms with Crippen LogP contribution in [0, 0.1) is 0 Å². The summed E-state index contributed by atoms with van der Waals surface area (Å²) in [5.41, 5.74) is 1.90. The Labute approximate surface area is 210 Å². The van der Waals surface area contributed by atoms with Gasteiger partial charge in [0.15, 0.2) is 5.43 Å². The summed E-state index contributed by atoms with van der Waals surface area (Å²) < 4.78 is 17.5. The van der Waals surface area contributed by atoms with Crippen molar-refractivity contribution in [3.05, 3.63) is 59.0 Å². The second-order valence-corrected chi connectivity index (χ2v) is 9.39. The van der Waals surface area contributed by atoms with Gasteiger partial charge in [0, 0.05) is 6.07 Å². The molecule has 3 rings (SSSR count). The molecule has 3 aromatic rings. The molecule has 1 aromatic heterocycles. The van der Waals surface area contributed by atoms with Crippen LogP contribution in [0.4, 0.5) is 0 Å². The third kappa shape index (κ3) is 8.76. The van der Waals surface area contributed by atoms with Gasteiger partial charge in [-0.25, -0.2) is 0 Å². The standard InChI is InChI=1S/C31H42O4/c1-3-5-7-9-10-11-12-14-21-33-26-17-15-25(16-18-26)29-24-35-30-23-27(19-20-28(30)31(29)32)34-22-13-8-6-4-2/h15-20,23-24H,3-14,21-22H2,1-2H3. The molecule has 0 N–H and O–H groups in total. The Morgan fingerprint density at radius 2 is 1.20 bits per heavy atom. The molecular weight excluding hydrogens is 436 g/mol. The summed E-state index contributed by atoms with van der Waals surface area (Å²) in [6.45, 7) is 5.86. The average Bonchev–Trinajstić information content (AvgIpc) is 2.88. The highest BCUT2D eigenvalue weighted by molar-refractivity contribution is 5.82. The third-order valence-corrected chi connectivity index (χ3v) is 6.44. The maximum atomic E-state index is 13.1. The number of hydrogen-bond donors (Lipinski definition) is 0. The highest BCUT2D eigenvalue weighted by Crippen LogP contribution is 2.25. The maximum Gasteiger partial charge on any atom is 0.200 e. The molecule has 0 aliphatic heterocycles. The molecule has 0 atom stereocenters. The van der Waals surface area contributed by atoms with E-state index < -0.39 is 0 Å². The number of hydrogen-bond acceptors (Lipinski definition) is 4. The van der Waals surface area contributed by atoms with E-state index in [0.29, 0.717) is 23.1 Å². The smallest absolute Gasteiger partial charge is 0.200 e. The molecule has 0 unspecified atom stereocenters. The highest BCUT2D eigenvalue weighted by atomic mass is 16.5. The molecule has 0 bridgehead atoms. The fraction of sp³-hybridized carbons (Fsp3) is 0.516. The van der Waals surface area contributed by atoms with Crippen LogP contribution >= 0.6 is 0 Å². The maximum absolute atomic E-state index is 13.1. The summed E-state index contributed by atoms with van der Waals surface area (Å²) in [6, 6.07) is 13.2. The first kappa shape index (κ1) is 26.8. The van der Waals surface area contributed by atoms with Crippen molar-refractivity contribution in [3.63, 3.8) is 0 Å². The Hall–Kier alpha value is -2.75. The van der Waals surface area contributed by atoms with Crippen LogP contribution in [-0.2, 0) is 0 Å². The van der Waals surface area contributed by atoms with Crippen LogP contribution in [0.3, 0.4) is 0 Å². The quantitative estimate of drug-likeness (QED) is 0.182. The first-order chi connectivity index (χ1) is 17.2. The van der Waals surface area contributed by atoms with Crippen molar-refractivity contribution in [1.29, 1.82) is 0 Å². The first-order valence-corrected chi connectivity index (χ1v) is 13.6. The van der Waals surface area contributed by atoms with Gasteiger partial charge in [0.2, 0.25) is 0 Å². The predicted octanol–water partition coefficient (Wildman–Crippen LogP) is 8.94. The molecule has 0 radical (unpaired) electrons. The Morgan fingerprint density at radius 1 is 0.657 bits per heavy atom. The largest absolute Gasteiger partial charge is 0.494 e. The van der Waals surface area contributed by atoms with Crippen LogP contribution in [0.5, 0.6) is 11.5 Å². The second-order valence-electron chi connectivity index (χ2n) is 9.39. The van der Waals surface area contributed by atoms with Crippen LogP contribution in [0.2, 0.25) is 0 Å². The number of fused-ring (bicyclic) bond motifs is 1. The van der Waals surface area contributed by atoms with Crippen molar-refractivity contribution in [3.8, 4) is 22.6 Å². The van der Waals surface area contributed by atoms with Crippen molar-refractivity contribution in [2.75, 3.05) is 13.2 Å². The first-order valence-electron chi connectivity index (χ1n) is 13.6. The van der Waals surface area contributed by atoms with E-state index in [1.165, 1.54) is 64.2 Å². The van der Waals surface area contributed by atoms with E-state index in [0.717, 1.165) is 36.5 Å². The number of benzene rings is 2. The molecule has 0 aliphatic carbocycles. The Bertz CT molecular complexity index is 1050. The normalized spacial score (nSPS) is 11.1. The summed E-state index contributed by atoms with van der Waals surface area (Å²) in [5.74, 6) is 1.57. The van der Waals surface area contributed by atoms with Gasteiger partial charge in [-0.2, -0.15) is 0 Å². The lowest BCUT2D eigenvalue weighted by atomic mass is 10.1. The Kier molecular flexibility index (Phi) is 11.7. The molecule has 0 amide bonds. The van der Waals surface area contributed by atoms with Crippen molar-refractivity contribution in [1.82, 2.24) is 0 Å². The minimum atomic E-state index is -0.0339. The number of unbranched alkanes of at least 4 members (excludes halogenated alkanes) is 10. The lowest BCUT2D eigenvalue weighted by Crippen LogP contribution is -2.05. The van der Waals surface area contributed by atoms with Crippen LogP contribution < -0.4 is 14.9 Å². The van der Waals surface area contributed by atoms with Crippen LogP contribution in [-0.4, -0.2) is 13.2 Å². The van der Waals surface area contributed by atoms with Gasteiger partial charge in [-0.1, -0.05) is 90.2 Å². The van der Waals surface area contributed by atoms with Gasteiger partial charge >= 0.3 is 0 Å². The molecule has 0 saturated carbocycles. The number of ether oxygens (including phenoxy) is 2. The number of rotatable bonds is 17. The van der Waals surface area contributed by atoms with Crippen molar-refractivity contribution < 1.29 is 13.9 Å². The minimum absolute atomic E-state index is 0.0339. The van der Waals surface area contributed by atoms with E-state index in [9.17, 15) is 4.79 Å². The Morgan fingerprint density at radius 3 is 1.86 bits per heavy atom. The van der Waals surface area contributed by atoms with E-state index in [2.05, 4.69) is 13.8 Å². The lowest BCUT2D eigenvalue weighted by Gasteiger charge is -2.09. The fourth-order valence-electron chi connectivity index (χ4n) is 4.27. The molecule has 4 nitrogen and oxygen atoms in total. The van der Waals surface area contributed by atoms with Gasteiger partial charge in [-0.3, -0.25) is 4.79 Å². The molecule has 0 spiro atoms. The topological polar surface area (TPSA) is 48.7 Å². The van der Waals surface area contributed by atoms with E-state index >= 15 is 0 Å². The molecular formula is C31H42O4. The molecule has 1 heterocycles. The van der Waals surface area contributed by atoms with Gasteiger partial charge in [-0.05, 0) is 42.7 Å². The van der Waals surface area contributed by atoms with E-state index in [4.69, 9.17) is 13.9 Å². The summed E-state index contributed by atoms with van der Waals surface area (Å²) in [4.78, 5) is 13.1. The zero-order valence-electron chi connectivity index (χ0n) is 21.7. The van der Waals surface area contributed by atoms with E-state index in [-0.39, 0.29) is 5.43 Å². The van der Waals surface area contributed by atoms with Crippen molar-refractivity contribution in [2.24, 2.45) is 0 Å². The lowest BCUT2D eigenvalue weighted by molar-refractivity contribution is 0.304. The van der Waals surface area contributed by atoms with Gasteiger partial charge in [-0.15, -0.1) is 0 Å². The second kappa shape index (κ2) is 15.3. The van der Waals surface area contributed by atoms with Crippen LogP contribution in [0.25, 0.3) is 22.1 Å². The zero-order chi connectivity index (χ0) is 24.7. The molecule has 190 valence electrons. The van der Waals surface area contributed by atoms with Crippen molar-refractivity contribution in [2.45, 2.75) is 90.9 Å². The summed E-state index contributed by atoms with van der Waals surface area (Å²) in [7, 11) is 0. The third-order valence-electron chi connectivity index (χ3n) is 6.44. The Balaban J connectivity index is 1.50. The van der Waals surface area contributed by atoms with E-state index in [1.54, 1.807) is 12.3 Å². The molecule has 0 aliphatic rings. The van der Waals surface area contributed by atoms with Gasteiger partial charge < -0.3 is 13.9 Å². The molecule has 35 heavy (non-hydrogen) atoms. The van der Waals surface area contributed by atoms with Crippen LogP contribution in [0.1, 0.15) is 90.9 Å². The minimum Gasteiger partial charge on any atom is -0.494 e. The average molecular weight is 479 g/mol. The molecule has 0 saturated heterocycles. The van der Waals surface area contributed by atoms with Gasteiger partial charge in [0.1, 0.15) is 23.3 Å². The summed E-state index contributed by atoms with van der Waals surface area (Å²) >= 11 is 0. The SMILES string of the molecule is CCCCCCCCCCOc1ccc(-c2coc3cc(OCCCCCC)ccc3c2=O)cc1. The highest BCUT2D eigenvalue weighted by Gasteiger charge is 2.10. The van der Waals surface area contributed by atoms with Crippen LogP contribution in [0.15, 0.2) is 57.9 Å². The van der Waals surface area contributed by atoms with Crippen molar-refractivity contribution >= 4 is 11.0 Å². The fourth-order valence-corrected chi connectivity index (χ4v) is 4.27. The summed E-state index contributed by atoms with van der Waals surface area (Å²) in [5, 5.41) is 0.566. The molecule has 2 aromatic carbocycles. The monoisotopic (exact) mass is 478 g/mol. The zero-order valence-corrected chi connectivity index (χ0v) is 21.7.